The van der Waals surface area contributed by atoms with E-state index in [0.717, 1.165) is 22.6 Å². The van der Waals surface area contributed by atoms with E-state index in [2.05, 4.69) is 33.9 Å². The van der Waals surface area contributed by atoms with Crippen LogP contribution in [0.25, 0.3) is 12.2 Å². The smallest absolute Gasteiger partial charge is 0.250 e. The van der Waals surface area contributed by atoms with Crippen LogP contribution in [0.3, 0.4) is 0 Å². The van der Waals surface area contributed by atoms with Gasteiger partial charge < -0.3 is 28.1 Å². The van der Waals surface area contributed by atoms with Crippen LogP contribution in [-0.2, 0) is 0 Å². The Morgan fingerprint density at radius 1 is 0.656 bits per heavy atom. The first-order chi connectivity index (χ1) is 15.0. The van der Waals surface area contributed by atoms with Gasteiger partial charge in [-0.2, -0.15) is 0 Å². The van der Waals surface area contributed by atoms with Crippen LogP contribution < -0.4 is 28.1 Å². The Morgan fingerprint density at radius 2 is 1.25 bits per heavy atom. The number of benzene rings is 2. The van der Waals surface area contributed by atoms with E-state index in [1.54, 1.807) is 35.5 Å². The summed E-state index contributed by atoms with van der Waals surface area (Å²) in [6.45, 7) is 11.1. The summed E-state index contributed by atoms with van der Waals surface area (Å²) in [6, 6.07) is 7.76. The number of ether oxygens (including phenoxy) is 5. The highest BCUT2D eigenvalue weighted by Gasteiger charge is 2.39. The first-order valence-electron chi connectivity index (χ1n) is 10.4. The van der Waals surface area contributed by atoms with Crippen molar-refractivity contribution in [3.63, 3.8) is 0 Å². The Hall–Kier alpha value is -2.80. The van der Waals surface area contributed by atoms with Gasteiger partial charge in [-0.25, -0.2) is 0 Å². The normalized spacial score (nSPS) is 11.9. The van der Waals surface area contributed by atoms with E-state index in [0.29, 0.717) is 23.0 Å². The molecule has 0 heterocycles. The Kier molecular flexibility index (Phi) is 8.12. The summed E-state index contributed by atoms with van der Waals surface area (Å²) >= 11 is 0. The Labute approximate surface area is 193 Å². The van der Waals surface area contributed by atoms with Gasteiger partial charge in [0.2, 0.25) is 11.5 Å². The lowest BCUT2D eigenvalue weighted by Gasteiger charge is -2.36. The van der Waals surface area contributed by atoms with E-state index >= 15 is 0 Å². The van der Waals surface area contributed by atoms with Crippen molar-refractivity contribution in [3.05, 3.63) is 35.4 Å². The monoisotopic (exact) mass is 460 g/mol. The van der Waals surface area contributed by atoms with E-state index in [9.17, 15) is 0 Å². The Morgan fingerprint density at radius 3 is 1.75 bits per heavy atom. The highest BCUT2D eigenvalue weighted by atomic mass is 28.4. The lowest BCUT2D eigenvalue weighted by Crippen LogP contribution is -2.43. The summed E-state index contributed by atoms with van der Waals surface area (Å²) in [4.78, 5) is 0. The van der Waals surface area contributed by atoms with Gasteiger partial charge in [0, 0.05) is 5.56 Å². The van der Waals surface area contributed by atoms with E-state index in [1.807, 2.05) is 36.4 Å². The van der Waals surface area contributed by atoms with Crippen LogP contribution in [-0.4, -0.2) is 43.9 Å². The van der Waals surface area contributed by atoms with E-state index < -0.39 is 8.32 Å². The fourth-order valence-corrected chi connectivity index (χ4v) is 3.99. The molecule has 6 nitrogen and oxygen atoms in total. The molecule has 0 spiro atoms. The van der Waals surface area contributed by atoms with Gasteiger partial charge in [0.05, 0.1) is 35.5 Å². The molecule has 7 heteroatoms. The minimum Gasteiger partial charge on any atom is -0.541 e. The highest BCUT2D eigenvalue weighted by molar-refractivity contribution is 6.74. The van der Waals surface area contributed by atoms with Crippen molar-refractivity contribution in [2.24, 2.45) is 0 Å². The third-order valence-electron chi connectivity index (χ3n) is 5.83. The van der Waals surface area contributed by atoms with Crippen molar-refractivity contribution in [1.29, 1.82) is 0 Å². The molecule has 0 unspecified atom stereocenters. The standard InChI is InChI=1S/C25H36O6Si/c1-25(2,3)32(9,10)31-20-15-17(12-14-19(20)26-4)11-13-18-16-21(27-5)23(29-7)24(30-8)22(18)28-6/h11-16H,1-10H3/b13-11-. The van der Waals surface area contributed by atoms with Gasteiger partial charge in [-0.1, -0.05) is 39.0 Å². The second-order valence-electron chi connectivity index (χ2n) is 8.87. The lowest BCUT2D eigenvalue weighted by atomic mass is 10.1. The number of hydrogen-bond donors (Lipinski definition) is 0. The molecule has 32 heavy (non-hydrogen) atoms. The van der Waals surface area contributed by atoms with Crippen LogP contribution in [0.15, 0.2) is 24.3 Å². The van der Waals surface area contributed by atoms with Gasteiger partial charge in [0.1, 0.15) is 5.75 Å². The maximum Gasteiger partial charge on any atom is 0.250 e. The maximum atomic E-state index is 6.53. The molecule has 0 bridgehead atoms. The van der Waals surface area contributed by atoms with Gasteiger partial charge in [0.25, 0.3) is 8.32 Å². The lowest BCUT2D eigenvalue weighted by molar-refractivity contribution is 0.305. The summed E-state index contributed by atoms with van der Waals surface area (Å²) in [7, 11) is 5.95. The first kappa shape index (κ1) is 25.5. The summed E-state index contributed by atoms with van der Waals surface area (Å²) in [5.74, 6) is 3.55. The summed E-state index contributed by atoms with van der Waals surface area (Å²) in [5, 5.41) is 0.0768. The average Bonchev–Trinajstić information content (AvgIpc) is 2.75. The minimum atomic E-state index is -2.02. The molecule has 0 aliphatic rings. The quantitative estimate of drug-likeness (QED) is 0.324. The molecular formula is C25H36O6Si. The van der Waals surface area contributed by atoms with E-state index in [4.69, 9.17) is 28.1 Å². The zero-order valence-corrected chi connectivity index (χ0v) is 21.9. The van der Waals surface area contributed by atoms with Crippen LogP contribution >= 0.6 is 0 Å². The fourth-order valence-electron chi connectivity index (χ4n) is 2.97. The van der Waals surface area contributed by atoms with Gasteiger partial charge in [0.15, 0.2) is 17.2 Å². The van der Waals surface area contributed by atoms with Crippen LogP contribution in [0.5, 0.6) is 34.5 Å². The second kappa shape index (κ2) is 10.2. The SMILES string of the molecule is COc1ccc(/C=C\c2cc(OC)c(OC)c(OC)c2OC)cc1O[Si](C)(C)C(C)(C)C. The van der Waals surface area contributed by atoms with Crippen LogP contribution in [0.2, 0.25) is 18.1 Å². The van der Waals surface area contributed by atoms with Crippen molar-refractivity contribution in [2.45, 2.75) is 38.9 Å². The van der Waals surface area contributed by atoms with Crippen LogP contribution in [0.1, 0.15) is 31.9 Å². The van der Waals surface area contributed by atoms with Crippen LogP contribution in [0.4, 0.5) is 0 Å². The van der Waals surface area contributed by atoms with Crippen molar-refractivity contribution in [1.82, 2.24) is 0 Å². The summed E-state index contributed by atoms with van der Waals surface area (Å²) in [6.07, 6.45) is 3.93. The molecule has 0 radical (unpaired) electrons. The van der Waals surface area contributed by atoms with E-state index in [-0.39, 0.29) is 5.04 Å². The number of rotatable bonds is 9. The molecule has 0 atom stereocenters. The zero-order valence-electron chi connectivity index (χ0n) is 20.9. The Bertz CT molecular complexity index is 960. The summed E-state index contributed by atoms with van der Waals surface area (Å²) in [5.41, 5.74) is 1.76. The third-order valence-corrected chi connectivity index (χ3v) is 10.2. The van der Waals surface area contributed by atoms with Gasteiger partial charge >= 0.3 is 0 Å². The predicted octanol–water partition coefficient (Wildman–Crippen LogP) is 6.28. The molecule has 0 aliphatic carbocycles. The fraction of sp³-hybridized carbons (Fsp3) is 0.440. The maximum absolute atomic E-state index is 6.53. The molecule has 0 aromatic heterocycles. The van der Waals surface area contributed by atoms with Crippen molar-refractivity contribution >= 4 is 20.5 Å². The molecule has 2 aromatic rings. The molecule has 2 aromatic carbocycles. The average molecular weight is 461 g/mol. The molecular weight excluding hydrogens is 424 g/mol. The van der Waals surface area contributed by atoms with E-state index in [1.165, 1.54) is 0 Å². The second-order valence-corrected chi connectivity index (χ2v) is 13.6. The summed E-state index contributed by atoms with van der Waals surface area (Å²) < 4.78 is 34.2. The zero-order chi connectivity index (χ0) is 24.1. The van der Waals surface area contributed by atoms with Crippen molar-refractivity contribution < 1.29 is 28.1 Å². The topological polar surface area (TPSA) is 55.4 Å². The highest BCUT2D eigenvalue weighted by Crippen LogP contribution is 2.47. The minimum absolute atomic E-state index is 0.0768. The Balaban J connectivity index is 2.50. The molecule has 0 N–H and O–H groups in total. The van der Waals surface area contributed by atoms with Crippen LogP contribution in [0, 0.1) is 0 Å². The van der Waals surface area contributed by atoms with Gasteiger partial charge in [-0.15, -0.1) is 0 Å². The first-order valence-corrected chi connectivity index (χ1v) is 13.4. The number of hydrogen-bond acceptors (Lipinski definition) is 6. The largest absolute Gasteiger partial charge is 0.541 e. The molecule has 0 aliphatic heterocycles. The number of methoxy groups -OCH3 is 5. The third kappa shape index (κ3) is 5.33. The van der Waals surface area contributed by atoms with Crippen molar-refractivity contribution in [3.8, 4) is 34.5 Å². The molecule has 0 fully saturated rings. The predicted molar refractivity (Wildman–Crippen MR) is 132 cm³/mol. The molecule has 176 valence electrons. The van der Waals surface area contributed by atoms with Crippen molar-refractivity contribution in [2.75, 3.05) is 35.5 Å². The molecule has 0 saturated carbocycles. The van der Waals surface area contributed by atoms with Gasteiger partial charge in [-0.3, -0.25) is 0 Å². The molecule has 0 saturated heterocycles. The molecule has 2 rings (SSSR count). The van der Waals surface area contributed by atoms with Gasteiger partial charge in [-0.05, 0) is 41.9 Å². The molecule has 0 amide bonds.